The van der Waals surface area contributed by atoms with Crippen LogP contribution in [0.2, 0.25) is 9.36 Å². The summed E-state index contributed by atoms with van der Waals surface area (Å²) >= 11 is 13.1. The maximum Gasteiger partial charge on any atom is 0.148 e. The van der Waals surface area contributed by atoms with Crippen LogP contribution in [-0.4, -0.2) is 4.98 Å². The first-order valence-electron chi connectivity index (χ1n) is 4.87. The van der Waals surface area contributed by atoms with E-state index in [-0.39, 0.29) is 5.82 Å². The number of hydrogen-bond acceptors (Lipinski definition) is 1. The predicted molar refractivity (Wildman–Crippen MR) is 71.6 cm³/mol. The van der Waals surface area contributed by atoms with Crippen molar-refractivity contribution in [2.24, 2.45) is 0 Å². The van der Waals surface area contributed by atoms with Gasteiger partial charge in [0.25, 0.3) is 0 Å². The quantitative estimate of drug-likeness (QED) is 0.621. The van der Waals surface area contributed by atoms with Gasteiger partial charge in [-0.05, 0) is 30.3 Å². The van der Waals surface area contributed by atoms with Gasteiger partial charge >= 0.3 is 0 Å². The van der Waals surface area contributed by atoms with Crippen molar-refractivity contribution in [3.05, 3.63) is 45.5 Å². The Hall–Kier alpha value is -1.03. The lowest BCUT2D eigenvalue weighted by atomic mass is 10.2. The maximum atomic E-state index is 13.6. The summed E-state index contributed by atoms with van der Waals surface area (Å²) in [4.78, 5) is 4.01. The Balaban J connectivity index is 2.23. The predicted octanol–water partition coefficient (Wildman–Crippen LogP) is 5.34. The molecule has 0 spiro atoms. The van der Waals surface area contributed by atoms with Crippen molar-refractivity contribution < 1.29 is 4.39 Å². The van der Waals surface area contributed by atoms with Crippen molar-refractivity contribution >= 4 is 45.4 Å². The summed E-state index contributed by atoms with van der Waals surface area (Å²) in [5.74, 6) is -0.346. The molecule has 1 N–H and O–H groups in total. The van der Waals surface area contributed by atoms with E-state index in [1.54, 1.807) is 6.07 Å². The second kappa shape index (κ2) is 4.02. The SMILES string of the molecule is Fc1cc(Cl)cc2cc(-c3ccc(Cl)s3)[nH]c12. The van der Waals surface area contributed by atoms with E-state index in [0.29, 0.717) is 14.9 Å². The number of aromatic nitrogens is 1. The van der Waals surface area contributed by atoms with Gasteiger partial charge in [-0.25, -0.2) is 4.39 Å². The molecule has 0 radical (unpaired) electrons. The minimum absolute atomic E-state index is 0.346. The fraction of sp³-hybridized carbons (Fsp3) is 0. The Bertz CT molecular complexity index is 702. The molecule has 5 heteroatoms. The summed E-state index contributed by atoms with van der Waals surface area (Å²) in [6.45, 7) is 0. The van der Waals surface area contributed by atoms with E-state index in [1.807, 2.05) is 18.2 Å². The highest BCUT2D eigenvalue weighted by Crippen LogP contribution is 2.33. The average Bonchev–Trinajstić information content (AvgIpc) is 2.83. The molecule has 1 aromatic carbocycles. The Morgan fingerprint density at radius 2 is 1.94 bits per heavy atom. The Labute approximate surface area is 111 Å². The van der Waals surface area contributed by atoms with Crippen LogP contribution in [0.4, 0.5) is 4.39 Å². The highest BCUT2D eigenvalue weighted by Gasteiger charge is 2.09. The number of hydrogen-bond donors (Lipinski definition) is 1. The molecule has 0 aliphatic heterocycles. The Morgan fingerprint density at radius 3 is 2.65 bits per heavy atom. The molecule has 0 saturated carbocycles. The van der Waals surface area contributed by atoms with Crippen LogP contribution in [0, 0.1) is 5.82 Å². The fourth-order valence-electron chi connectivity index (χ4n) is 1.76. The smallest absolute Gasteiger partial charge is 0.148 e. The van der Waals surface area contributed by atoms with Crippen LogP contribution in [-0.2, 0) is 0 Å². The van der Waals surface area contributed by atoms with Crippen molar-refractivity contribution in [3.63, 3.8) is 0 Å². The molecule has 0 bridgehead atoms. The molecule has 3 aromatic rings. The van der Waals surface area contributed by atoms with E-state index >= 15 is 0 Å². The third-order valence-electron chi connectivity index (χ3n) is 2.48. The first-order valence-corrected chi connectivity index (χ1v) is 6.44. The van der Waals surface area contributed by atoms with E-state index in [1.165, 1.54) is 17.4 Å². The van der Waals surface area contributed by atoms with Crippen LogP contribution in [0.25, 0.3) is 21.5 Å². The summed E-state index contributed by atoms with van der Waals surface area (Å²) in [5, 5.41) is 1.15. The topological polar surface area (TPSA) is 15.8 Å². The highest BCUT2D eigenvalue weighted by atomic mass is 35.5. The molecule has 0 fully saturated rings. The summed E-state index contributed by atoms with van der Waals surface area (Å²) in [6.07, 6.45) is 0. The summed E-state index contributed by atoms with van der Waals surface area (Å²) in [6, 6.07) is 8.61. The van der Waals surface area contributed by atoms with E-state index in [9.17, 15) is 4.39 Å². The molecule has 0 aliphatic carbocycles. The van der Waals surface area contributed by atoms with E-state index in [0.717, 1.165) is 16.0 Å². The zero-order chi connectivity index (χ0) is 12.0. The zero-order valence-electron chi connectivity index (χ0n) is 8.43. The first kappa shape index (κ1) is 11.1. The van der Waals surface area contributed by atoms with Gasteiger partial charge in [0.2, 0.25) is 0 Å². The summed E-state index contributed by atoms with van der Waals surface area (Å²) in [7, 11) is 0. The van der Waals surface area contributed by atoms with Gasteiger partial charge in [0.15, 0.2) is 0 Å². The molecular weight excluding hydrogens is 280 g/mol. The maximum absolute atomic E-state index is 13.6. The lowest BCUT2D eigenvalue weighted by molar-refractivity contribution is 0.637. The molecule has 86 valence electrons. The average molecular weight is 286 g/mol. The molecule has 0 amide bonds. The standard InChI is InChI=1S/C12H6Cl2FNS/c13-7-3-6-4-9(10-1-2-11(14)17-10)16-12(6)8(15)5-7/h1-5,16H. The molecule has 2 aromatic heterocycles. The largest absolute Gasteiger partial charge is 0.351 e. The normalized spacial score (nSPS) is 11.2. The first-order chi connectivity index (χ1) is 8.13. The molecule has 1 nitrogen and oxygen atoms in total. The van der Waals surface area contributed by atoms with Crippen molar-refractivity contribution in [3.8, 4) is 10.6 Å². The fourth-order valence-corrected chi connectivity index (χ4v) is 2.99. The molecule has 0 unspecified atom stereocenters. The minimum Gasteiger partial charge on any atom is -0.351 e. The van der Waals surface area contributed by atoms with Gasteiger partial charge in [0.05, 0.1) is 20.4 Å². The van der Waals surface area contributed by atoms with Gasteiger partial charge in [0.1, 0.15) is 5.82 Å². The van der Waals surface area contributed by atoms with Crippen LogP contribution in [0.15, 0.2) is 30.3 Å². The van der Waals surface area contributed by atoms with Crippen LogP contribution in [0.3, 0.4) is 0 Å². The summed E-state index contributed by atoms with van der Waals surface area (Å²) in [5.41, 5.74) is 1.31. The van der Waals surface area contributed by atoms with Crippen LogP contribution < -0.4 is 0 Å². The third kappa shape index (κ3) is 1.95. The highest BCUT2D eigenvalue weighted by molar-refractivity contribution is 7.19. The number of fused-ring (bicyclic) bond motifs is 1. The second-order valence-corrected chi connectivity index (χ2v) is 5.79. The molecular formula is C12H6Cl2FNS. The zero-order valence-corrected chi connectivity index (χ0v) is 10.8. The number of thiophene rings is 1. The molecule has 17 heavy (non-hydrogen) atoms. The van der Waals surface area contributed by atoms with Gasteiger partial charge < -0.3 is 4.98 Å². The van der Waals surface area contributed by atoms with Gasteiger partial charge in [0, 0.05) is 10.4 Å². The van der Waals surface area contributed by atoms with Crippen molar-refractivity contribution in [2.75, 3.05) is 0 Å². The van der Waals surface area contributed by atoms with Crippen LogP contribution in [0.5, 0.6) is 0 Å². The minimum atomic E-state index is -0.346. The van der Waals surface area contributed by atoms with E-state index < -0.39 is 0 Å². The number of nitrogens with one attached hydrogen (secondary N) is 1. The van der Waals surface area contributed by atoms with E-state index in [2.05, 4.69) is 4.98 Å². The van der Waals surface area contributed by atoms with Crippen LogP contribution >= 0.6 is 34.5 Å². The Kier molecular flexibility index (Phi) is 2.62. The van der Waals surface area contributed by atoms with Crippen molar-refractivity contribution in [1.29, 1.82) is 0 Å². The van der Waals surface area contributed by atoms with Crippen molar-refractivity contribution in [1.82, 2.24) is 4.98 Å². The molecule has 0 aliphatic rings. The van der Waals surface area contributed by atoms with Gasteiger partial charge in [-0.3, -0.25) is 0 Å². The van der Waals surface area contributed by atoms with E-state index in [4.69, 9.17) is 23.2 Å². The third-order valence-corrected chi connectivity index (χ3v) is 3.97. The van der Waals surface area contributed by atoms with Gasteiger partial charge in [-0.2, -0.15) is 0 Å². The van der Waals surface area contributed by atoms with Crippen molar-refractivity contribution in [2.45, 2.75) is 0 Å². The lowest BCUT2D eigenvalue weighted by Crippen LogP contribution is -1.77. The van der Waals surface area contributed by atoms with Gasteiger partial charge in [-0.15, -0.1) is 11.3 Å². The molecule has 0 saturated heterocycles. The number of halogens is 3. The molecule has 3 rings (SSSR count). The van der Waals surface area contributed by atoms with Gasteiger partial charge in [-0.1, -0.05) is 23.2 Å². The number of rotatable bonds is 1. The number of aromatic amines is 1. The second-order valence-electron chi connectivity index (χ2n) is 3.64. The lowest BCUT2D eigenvalue weighted by Gasteiger charge is -1.93. The number of benzene rings is 1. The molecule has 0 atom stereocenters. The summed E-state index contributed by atoms with van der Waals surface area (Å²) < 4.78 is 14.3. The monoisotopic (exact) mass is 285 g/mol. The number of H-pyrrole nitrogens is 1. The van der Waals surface area contributed by atoms with Crippen LogP contribution in [0.1, 0.15) is 0 Å². The Morgan fingerprint density at radius 1 is 1.12 bits per heavy atom. The molecule has 2 heterocycles.